The van der Waals surface area contributed by atoms with Crippen LogP contribution in [0.2, 0.25) is 0 Å². The second kappa shape index (κ2) is 8.11. The smallest absolute Gasteiger partial charge is 0.119 e. The van der Waals surface area contributed by atoms with Crippen molar-refractivity contribution < 1.29 is 4.74 Å². The summed E-state index contributed by atoms with van der Waals surface area (Å²) in [6, 6.07) is 8.53. The molecule has 0 aliphatic carbocycles. The zero-order valence-electron chi connectivity index (χ0n) is 11.9. The van der Waals surface area contributed by atoms with Crippen LogP contribution in [0.15, 0.2) is 24.3 Å². The Morgan fingerprint density at radius 3 is 2.72 bits per heavy atom. The summed E-state index contributed by atoms with van der Waals surface area (Å²) in [5.74, 6) is 0.928. The van der Waals surface area contributed by atoms with Crippen LogP contribution in [0.3, 0.4) is 0 Å². The molecule has 0 aliphatic heterocycles. The number of nitrogens with zero attached hydrogens (tertiary/aromatic N) is 1. The minimum absolute atomic E-state index is 0.275. The van der Waals surface area contributed by atoms with Gasteiger partial charge in [-0.15, -0.1) is 0 Å². The molecule has 0 saturated heterocycles. The van der Waals surface area contributed by atoms with Crippen LogP contribution >= 0.6 is 0 Å². The molecule has 0 radical (unpaired) electrons. The highest BCUT2D eigenvalue weighted by Crippen LogP contribution is 2.23. The van der Waals surface area contributed by atoms with Gasteiger partial charge in [0.2, 0.25) is 0 Å². The second-order valence-electron chi connectivity index (χ2n) is 4.59. The molecule has 3 heteroatoms. The van der Waals surface area contributed by atoms with E-state index in [-0.39, 0.29) is 6.04 Å². The highest BCUT2D eigenvalue weighted by Gasteiger charge is 2.15. The predicted octanol–water partition coefficient (Wildman–Crippen LogP) is 2.82. The Morgan fingerprint density at radius 1 is 1.33 bits per heavy atom. The van der Waals surface area contributed by atoms with Crippen molar-refractivity contribution in [1.82, 2.24) is 4.90 Å². The molecule has 0 spiro atoms. The highest BCUT2D eigenvalue weighted by atomic mass is 16.5. The molecule has 0 heterocycles. The molecule has 0 amide bonds. The number of unbranched alkanes of at least 4 members (excludes halogenated alkanes) is 1. The molecule has 3 nitrogen and oxygen atoms in total. The van der Waals surface area contributed by atoms with Gasteiger partial charge in [-0.1, -0.05) is 25.5 Å². The van der Waals surface area contributed by atoms with Gasteiger partial charge < -0.3 is 10.5 Å². The monoisotopic (exact) mass is 250 g/mol. The molecule has 0 bridgehead atoms. The van der Waals surface area contributed by atoms with E-state index in [2.05, 4.69) is 31.0 Å². The van der Waals surface area contributed by atoms with Gasteiger partial charge in [-0.25, -0.2) is 0 Å². The van der Waals surface area contributed by atoms with Crippen LogP contribution in [0.4, 0.5) is 0 Å². The van der Waals surface area contributed by atoms with Crippen molar-refractivity contribution >= 4 is 0 Å². The molecule has 2 N–H and O–H groups in total. The van der Waals surface area contributed by atoms with Crippen molar-refractivity contribution in [2.45, 2.75) is 32.7 Å². The number of rotatable bonds is 8. The van der Waals surface area contributed by atoms with E-state index < -0.39 is 0 Å². The minimum atomic E-state index is 0.275. The fourth-order valence-electron chi connectivity index (χ4n) is 2.11. The molecular formula is C15H26N2O. The Labute approximate surface area is 111 Å². The lowest BCUT2D eigenvalue weighted by molar-refractivity contribution is 0.245. The van der Waals surface area contributed by atoms with Crippen LogP contribution in [0.1, 0.15) is 38.3 Å². The van der Waals surface area contributed by atoms with E-state index in [1.54, 1.807) is 0 Å². The summed E-state index contributed by atoms with van der Waals surface area (Å²) in [6.07, 6.45) is 2.42. The number of likely N-dealkylation sites (N-methyl/N-ethyl adjacent to an activating group) is 1. The van der Waals surface area contributed by atoms with Gasteiger partial charge in [0.25, 0.3) is 0 Å². The first-order chi connectivity index (χ1) is 8.72. The number of hydrogen-bond acceptors (Lipinski definition) is 3. The van der Waals surface area contributed by atoms with Gasteiger partial charge in [0.15, 0.2) is 0 Å². The standard InChI is InChI=1S/C15H26N2O/c1-4-6-10-17(3)15(12-16)13-8-7-9-14(11-13)18-5-2/h7-9,11,15H,4-6,10,12,16H2,1-3H3. The Bertz CT molecular complexity index is 341. The Hall–Kier alpha value is -1.06. The normalized spacial score (nSPS) is 12.7. The maximum Gasteiger partial charge on any atom is 0.119 e. The quantitative estimate of drug-likeness (QED) is 0.771. The molecule has 1 atom stereocenters. The van der Waals surface area contributed by atoms with E-state index in [0.717, 1.165) is 12.3 Å². The average molecular weight is 250 g/mol. The van der Waals surface area contributed by atoms with Gasteiger partial charge in [-0.2, -0.15) is 0 Å². The first kappa shape index (κ1) is 15.0. The SMILES string of the molecule is CCCCN(C)C(CN)c1cccc(OCC)c1. The van der Waals surface area contributed by atoms with E-state index in [9.17, 15) is 0 Å². The molecule has 1 aromatic carbocycles. The average Bonchev–Trinajstić information content (AvgIpc) is 2.38. The fraction of sp³-hybridized carbons (Fsp3) is 0.600. The third-order valence-corrected chi connectivity index (χ3v) is 3.17. The summed E-state index contributed by atoms with van der Waals surface area (Å²) in [4.78, 5) is 2.33. The van der Waals surface area contributed by atoms with Gasteiger partial charge in [0.05, 0.1) is 6.61 Å². The molecule has 1 rings (SSSR count). The molecule has 0 saturated carbocycles. The zero-order chi connectivity index (χ0) is 13.4. The molecule has 0 aliphatic rings. The maximum absolute atomic E-state index is 5.92. The second-order valence-corrected chi connectivity index (χ2v) is 4.59. The predicted molar refractivity (Wildman–Crippen MR) is 76.9 cm³/mol. The molecule has 0 fully saturated rings. The van der Waals surface area contributed by atoms with Crippen LogP contribution < -0.4 is 10.5 Å². The van der Waals surface area contributed by atoms with Gasteiger partial charge in [0, 0.05) is 12.6 Å². The van der Waals surface area contributed by atoms with Crippen molar-refractivity contribution in [3.8, 4) is 5.75 Å². The summed E-state index contributed by atoms with van der Waals surface area (Å²) in [5.41, 5.74) is 7.16. The molecule has 0 aromatic heterocycles. The Morgan fingerprint density at radius 2 is 2.11 bits per heavy atom. The van der Waals surface area contributed by atoms with Crippen LogP contribution in [0, 0.1) is 0 Å². The van der Waals surface area contributed by atoms with E-state index >= 15 is 0 Å². The lowest BCUT2D eigenvalue weighted by Crippen LogP contribution is -2.31. The lowest BCUT2D eigenvalue weighted by atomic mass is 10.1. The van der Waals surface area contributed by atoms with E-state index in [1.807, 2.05) is 19.1 Å². The van der Waals surface area contributed by atoms with Gasteiger partial charge in [-0.05, 0) is 44.6 Å². The fourth-order valence-corrected chi connectivity index (χ4v) is 2.11. The minimum Gasteiger partial charge on any atom is -0.494 e. The third kappa shape index (κ3) is 4.31. The van der Waals surface area contributed by atoms with Crippen molar-refractivity contribution in [3.05, 3.63) is 29.8 Å². The zero-order valence-corrected chi connectivity index (χ0v) is 11.9. The highest BCUT2D eigenvalue weighted by molar-refractivity contribution is 5.30. The van der Waals surface area contributed by atoms with Gasteiger partial charge in [-0.3, -0.25) is 4.90 Å². The van der Waals surface area contributed by atoms with Gasteiger partial charge >= 0.3 is 0 Å². The summed E-state index contributed by atoms with van der Waals surface area (Å²) in [7, 11) is 2.14. The molecule has 1 unspecified atom stereocenters. The van der Waals surface area contributed by atoms with E-state index in [4.69, 9.17) is 10.5 Å². The van der Waals surface area contributed by atoms with E-state index in [0.29, 0.717) is 13.2 Å². The molecule has 1 aromatic rings. The van der Waals surface area contributed by atoms with Gasteiger partial charge in [0.1, 0.15) is 5.75 Å². The summed E-state index contributed by atoms with van der Waals surface area (Å²) < 4.78 is 5.54. The van der Waals surface area contributed by atoms with Crippen LogP contribution in [-0.2, 0) is 0 Å². The topological polar surface area (TPSA) is 38.5 Å². The first-order valence-corrected chi connectivity index (χ1v) is 6.86. The van der Waals surface area contributed by atoms with Crippen LogP contribution in [0.5, 0.6) is 5.75 Å². The largest absolute Gasteiger partial charge is 0.494 e. The molecule has 18 heavy (non-hydrogen) atoms. The summed E-state index contributed by atoms with van der Waals surface area (Å²) >= 11 is 0. The van der Waals surface area contributed by atoms with Crippen molar-refractivity contribution in [1.29, 1.82) is 0 Å². The Balaban J connectivity index is 2.77. The van der Waals surface area contributed by atoms with Crippen molar-refractivity contribution in [2.24, 2.45) is 5.73 Å². The molecule has 102 valence electrons. The first-order valence-electron chi connectivity index (χ1n) is 6.86. The number of hydrogen-bond donors (Lipinski definition) is 1. The lowest BCUT2D eigenvalue weighted by Gasteiger charge is -2.27. The maximum atomic E-state index is 5.92. The van der Waals surface area contributed by atoms with Crippen molar-refractivity contribution in [3.63, 3.8) is 0 Å². The van der Waals surface area contributed by atoms with E-state index in [1.165, 1.54) is 18.4 Å². The van der Waals surface area contributed by atoms with Crippen LogP contribution in [0.25, 0.3) is 0 Å². The molecular weight excluding hydrogens is 224 g/mol. The van der Waals surface area contributed by atoms with Crippen LogP contribution in [-0.4, -0.2) is 31.6 Å². The number of nitrogens with two attached hydrogens (primary N) is 1. The third-order valence-electron chi connectivity index (χ3n) is 3.17. The summed E-state index contributed by atoms with van der Waals surface area (Å²) in [6.45, 7) is 6.62. The summed E-state index contributed by atoms with van der Waals surface area (Å²) in [5, 5.41) is 0. The Kier molecular flexibility index (Phi) is 6.76. The number of benzene rings is 1. The number of ether oxygens (including phenoxy) is 1. The van der Waals surface area contributed by atoms with Crippen molar-refractivity contribution in [2.75, 3.05) is 26.7 Å².